The number of ether oxygens (including phenoxy) is 1. The van der Waals surface area contributed by atoms with E-state index < -0.39 is 15.9 Å². The Kier molecular flexibility index (Phi) is 6.91. The summed E-state index contributed by atoms with van der Waals surface area (Å²) in [6.07, 6.45) is 0.328. The molecular weight excluding hydrogens is 419 g/mol. The van der Waals surface area contributed by atoms with Gasteiger partial charge in [-0.1, -0.05) is 24.3 Å². The minimum atomic E-state index is -3.91. The first kappa shape index (κ1) is 22.3. The molecule has 0 saturated heterocycles. The van der Waals surface area contributed by atoms with Crippen molar-refractivity contribution in [3.8, 4) is 5.75 Å². The van der Waals surface area contributed by atoms with Crippen LogP contribution in [-0.4, -0.2) is 28.0 Å². The number of aryl methyl sites for hydroxylation is 1. The lowest BCUT2D eigenvalue weighted by molar-refractivity contribution is 0.0954. The number of hydrogen-bond acceptors (Lipinski definition) is 4. The molecule has 0 aliphatic rings. The van der Waals surface area contributed by atoms with Gasteiger partial charge in [0.1, 0.15) is 11.6 Å². The lowest BCUT2D eigenvalue weighted by atomic mass is 10.1. The topological polar surface area (TPSA) is 84.5 Å². The van der Waals surface area contributed by atoms with Gasteiger partial charge in [0.25, 0.3) is 15.9 Å². The van der Waals surface area contributed by atoms with Crippen molar-refractivity contribution in [3.63, 3.8) is 0 Å². The number of hydrogen-bond donors (Lipinski definition) is 2. The van der Waals surface area contributed by atoms with E-state index in [0.29, 0.717) is 29.0 Å². The number of rotatable bonds is 8. The minimum Gasteiger partial charge on any atom is -0.497 e. The van der Waals surface area contributed by atoms with Gasteiger partial charge in [-0.15, -0.1) is 0 Å². The van der Waals surface area contributed by atoms with Gasteiger partial charge in [-0.2, -0.15) is 0 Å². The highest BCUT2D eigenvalue weighted by molar-refractivity contribution is 7.92. The highest BCUT2D eigenvalue weighted by Gasteiger charge is 2.19. The van der Waals surface area contributed by atoms with Crippen molar-refractivity contribution in [2.24, 2.45) is 0 Å². The quantitative estimate of drug-likeness (QED) is 0.554. The minimum absolute atomic E-state index is 0.00470. The standard InChI is InChI=1S/C23H23FN2O4S/c1-16-7-8-18(23(27)25-14-13-17-5-3-4-6-21(17)24)15-22(16)31(28,29)26-19-9-11-20(30-2)12-10-19/h3-12,15,26H,13-14H2,1-2H3,(H,25,27). The lowest BCUT2D eigenvalue weighted by Crippen LogP contribution is -2.26. The fourth-order valence-electron chi connectivity index (χ4n) is 3.01. The van der Waals surface area contributed by atoms with Gasteiger partial charge in [-0.3, -0.25) is 9.52 Å². The Hall–Kier alpha value is -3.39. The molecule has 0 unspecified atom stereocenters. The molecule has 0 heterocycles. The Balaban J connectivity index is 1.72. The summed E-state index contributed by atoms with van der Waals surface area (Å²) in [6.45, 7) is 1.88. The molecule has 6 nitrogen and oxygen atoms in total. The molecule has 3 aromatic carbocycles. The zero-order chi connectivity index (χ0) is 22.4. The zero-order valence-corrected chi connectivity index (χ0v) is 18.0. The maximum atomic E-state index is 13.7. The number of carbonyl (C=O) groups excluding carboxylic acids is 1. The molecule has 0 aliphatic heterocycles. The SMILES string of the molecule is COc1ccc(NS(=O)(=O)c2cc(C(=O)NCCc3ccccc3F)ccc2C)cc1. The Morgan fingerprint density at radius 3 is 2.42 bits per heavy atom. The molecule has 31 heavy (non-hydrogen) atoms. The molecular formula is C23H23FN2O4S. The van der Waals surface area contributed by atoms with Crippen LogP contribution in [0.2, 0.25) is 0 Å². The maximum Gasteiger partial charge on any atom is 0.262 e. The summed E-state index contributed by atoms with van der Waals surface area (Å²) < 4.78 is 47.0. The highest BCUT2D eigenvalue weighted by Crippen LogP contribution is 2.22. The van der Waals surface area contributed by atoms with E-state index in [4.69, 9.17) is 4.74 Å². The van der Waals surface area contributed by atoms with Crippen LogP contribution in [0.1, 0.15) is 21.5 Å². The summed E-state index contributed by atoms with van der Waals surface area (Å²) in [7, 11) is -2.39. The third-order valence-corrected chi connectivity index (χ3v) is 6.24. The first-order chi connectivity index (χ1) is 14.8. The number of sulfonamides is 1. The van der Waals surface area contributed by atoms with Crippen LogP contribution in [0.25, 0.3) is 0 Å². The zero-order valence-electron chi connectivity index (χ0n) is 17.2. The van der Waals surface area contributed by atoms with Gasteiger partial charge in [0.2, 0.25) is 0 Å². The van der Waals surface area contributed by atoms with Crippen LogP contribution in [0.3, 0.4) is 0 Å². The van der Waals surface area contributed by atoms with Gasteiger partial charge in [0.15, 0.2) is 0 Å². The van der Waals surface area contributed by atoms with E-state index in [1.54, 1.807) is 61.5 Å². The molecule has 0 spiro atoms. The molecule has 0 aliphatic carbocycles. The van der Waals surface area contributed by atoms with Crippen molar-refractivity contribution in [1.29, 1.82) is 0 Å². The number of benzene rings is 3. The predicted octanol–water partition coefficient (Wildman–Crippen LogP) is 3.92. The molecule has 3 aromatic rings. The molecule has 2 N–H and O–H groups in total. The van der Waals surface area contributed by atoms with E-state index in [1.807, 2.05) is 0 Å². The average molecular weight is 443 g/mol. The van der Waals surface area contributed by atoms with Crippen LogP contribution in [0.5, 0.6) is 5.75 Å². The molecule has 0 radical (unpaired) electrons. The van der Waals surface area contributed by atoms with E-state index in [0.717, 1.165) is 0 Å². The molecule has 0 saturated carbocycles. The number of carbonyl (C=O) groups is 1. The van der Waals surface area contributed by atoms with E-state index >= 15 is 0 Å². The van der Waals surface area contributed by atoms with Crippen molar-refractivity contribution in [1.82, 2.24) is 5.32 Å². The van der Waals surface area contributed by atoms with E-state index in [-0.39, 0.29) is 22.8 Å². The second-order valence-electron chi connectivity index (χ2n) is 6.91. The van der Waals surface area contributed by atoms with Gasteiger partial charge in [-0.25, -0.2) is 12.8 Å². The molecule has 0 aromatic heterocycles. The van der Waals surface area contributed by atoms with Crippen LogP contribution >= 0.6 is 0 Å². The van der Waals surface area contributed by atoms with E-state index in [2.05, 4.69) is 10.0 Å². The van der Waals surface area contributed by atoms with Gasteiger partial charge in [0, 0.05) is 17.8 Å². The first-order valence-corrected chi connectivity index (χ1v) is 11.1. The molecule has 3 rings (SSSR count). The number of nitrogens with one attached hydrogen (secondary N) is 2. The largest absolute Gasteiger partial charge is 0.497 e. The van der Waals surface area contributed by atoms with Crippen molar-refractivity contribution in [2.45, 2.75) is 18.2 Å². The molecule has 1 amide bonds. The molecule has 162 valence electrons. The van der Waals surface area contributed by atoms with Crippen molar-refractivity contribution in [3.05, 3.63) is 89.2 Å². The summed E-state index contributed by atoms with van der Waals surface area (Å²) in [6, 6.07) is 17.3. The number of methoxy groups -OCH3 is 1. The second-order valence-corrected chi connectivity index (χ2v) is 8.56. The monoisotopic (exact) mass is 442 g/mol. The van der Waals surface area contributed by atoms with E-state index in [1.165, 1.54) is 19.2 Å². The van der Waals surface area contributed by atoms with Gasteiger partial charge < -0.3 is 10.1 Å². The highest BCUT2D eigenvalue weighted by atomic mass is 32.2. The predicted molar refractivity (Wildman–Crippen MR) is 117 cm³/mol. The Labute approximate surface area is 181 Å². The van der Waals surface area contributed by atoms with Gasteiger partial charge in [0.05, 0.1) is 12.0 Å². The lowest BCUT2D eigenvalue weighted by Gasteiger charge is -2.13. The van der Waals surface area contributed by atoms with Gasteiger partial charge in [-0.05, 0) is 66.9 Å². The Morgan fingerprint density at radius 1 is 1.03 bits per heavy atom. The Bertz CT molecular complexity index is 1180. The number of anilines is 1. The molecule has 0 fully saturated rings. The summed E-state index contributed by atoms with van der Waals surface area (Å²) in [4.78, 5) is 12.5. The van der Waals surface area contributed by atoms with Crippen LogP contribution in [0.15, 0.2) is 71.6 Å². The average Bonchev–Trinajstić information content (AvgIpc) is 2.75. The number of amides is 1. The van der Waals surface area contributed by atoms with Gasteiger partial charge >= 0.3 is 0 Å². The maximum absolute atomic E-state index is 13.7. The first-order valence-electron chi connectivity index (χ1n) is 9.59. The smallest absolute Gasteiger partial charge is 0.262 e. The third kappa shape index (κ3) is 5.61. The third-order valence-electron chi connectivity index (χ3n) is 4.72. The van der Waals surface area contributed by atoms with Crippen LogP contribution in [0.4, 0.5) is 10.1 Å². The molecule has 8 heteroatoms. The van der Waals surface area contributed by atoms with Crippen molar-refractivity contribution in [2.75, 3.05) is 18.4 Å². The Morgan fingerprint density at radius 2 is 1.74 bits per heavy atom. The van der Waals surface area contributed by atoms with Crippen molar-refractivity contribution >= 4 is 21.6 Å². The molecule has 0 bridgehead atoms. The fraction of sp³-hybridized carbons (Fsp3) is 0.174. The number of halogens is 1. The summed E-state index contributed by atoms with van der Waals surface area (Å²) in [5.74, 6) is -0.157. The summed E-state index contributed by atoms with van der Waals surface area (Å²) in [5, 5.41) is 2.70. The summed E-state index contributed by atoms with van der Waals surface area (Å²) >= 11 is 0. The van der Waals surface area contributed by atoms with Crippen LogP contribution in [-0.2, 0) is 16.4 Å². The second kappa shape index (κ2) is 9.61. The normalized spacial score (nSPS) is 11.1. The summed E-state index contributed by atoms with van der Waals surface area (Å²) in [5.41, 5.74) is 1.58. The molecule has 0 atom stereocenters. The fourth-order valence-corrected chi connectivity index (χ4v) is 4.34. The van der Waals surface area contributed by atoms with E-state index in [9.17, 15) is 17.6 Å². The van der Waals surface area contributed by atoms with Crippen molar-refractivity contribution < 1.29 is 22.3 Å². The van der Waals surface area contributed by atoms with Crippen LogP contribution < -0.4 is 14.8 Å². The van der Waals surface area contributed by atoms with Crippen LogP contribution in [0, 0.1) is 12.7 Å².